The van der Waals surface area contributed by atoms with Crippen LogP contribution < -0.4 is 4.74 Å². The summed E-state index contributed by atoms with van der Waals surface area (Å²) in [5, 5.41) is 0. The van der Waals surface area contributed by atoms with Crippen molar-refractivity contribution in [1.82, 2.24) is 4.90 Å². The Morgan fingerprint density at radius 3 is 1.50 bits per heavy atom. The second-order valence-corrected chi connectivity index (χ2v) is 6.92. The molecule has 2 aromatic rings. The Hall–Kier alpha value is -2.78. The molecule has 2 amide bonds. The molecule has 1 aliphatic rings. The van der Waals surface area contributed by atoms with Crippen molar-refractivity contribution in [2.24, 2.45) is 0 Å². The first kappa shape index (κ1) is 23.9. The van der Waals surface area contributed by atoms with Crippen LogP contribution in [0.25, 0.3) is 0 Å². The maximum atomic E-state index is 12.2. The van der Waals surface area contributed by atoms with Gasteiger partial charge in [-0.05, 0) is 24.3 Å². The summed E-state index contributed by atoms with van der Waals surface area (Å²) < 4.78 is 27.3. The molecule has 1 aliphatic heterocycles. The van der Waals surface area contributed by atoms with Gasteiger partial charge < -0.3 is 23.7 Å². The highest BCUT2D eigenvalue weighted by molar-refractivity contribution is 6.21. The van der Waals surface area contributed by atoms with Crippen LogP contribution in [0, 0.1) is 0 Å². The van der Waals surface area contributed by atoms with Crippen molar-refractivity contribution in [1.29, 1.82) is 0 Å². The lowest BCUT2D eigenvalue weighted by molar-refractivity contribution is -0.00577. The zero-order valence-corrected chi connectivity index (χ0v) is 18.1. The van der Waals surface area contributed by atoms with Crippen LogP contribution in [0.4, 0.5) is 0 Å². The van der Waals surface area contributed by atoms with Gasteiger partial charge in [0, 0.05) is 0 Å². The highest BCUT2D eigenvalue weighted by Gasteiger charge is 2.34. The summed E-state index contributed by atoms with van der Waals surface area (Å²) >= 11 is 0. The maximum Gasteiger partial charge on any atom is 0.261 e. The van der Waals surface area contributed by atoms with Crippen LogP contribution in [0.15, 0.2) is 54.6 Å². The fourth-order valence-electron chi connectivity index (χ4n) is 3.10. The number of carbonyl (C=O) groups excluding carboxylic acids is 2. The number of imide groups is 1. The number of hydrogen-bond donors (Lipinski definition) is 0. The summed E-state index contributed by atoms with van der Waals surface area (Å²) in [6.07, 6.45) is 0. The lowest BCUT2D eigenvalue weighted by atomic mass is 10.1. The molecule has 1 heterocycles. The minimum absolute atomic E-state index is 0.228. The molecule has 0 fully saturated rings. The summed E-state index contributed by atoms with van der Waals surface area (Å²) in [7, 11) is 0. The van der Waals surface area contributed by atoms with E-state index in [4.69, 9.17) is 23.7 Å². The fourth-order valence-corrected chi connectivity index (χ4v) is 3.10. The molecule has 0 aromatic heterocycles. The van der Waals surface area contributed by atoms with E-state index in [0.29, 0.717) is 64.0 Å². The standard InChI is InChI=1S/C24H29NO7/c26-23-21-8-4-5-9-22(21)24(27)25(23)10-11-28-12-13-29-14-15-30-16-17-31-18-19-32-20-6-2-1-3-7-20/h1-9H,10-19H2. The quantitative estimate of drug-likeness (QED) is 0.291. The lowest BCUT2D eigenvalue weighted by Gasteiger charge is -2.13. The van der Waals surface area contributed by atoms with Gasteiger partial charge in [0.15, 0.2) is 0 Å². The van der Waals surface area contributed by atoms with Gasteiger partial charge in [-0.25, -0.2) is 0 Å². The summed E-state index contributed by atoms with van der Waals surface area (Å²) in [5.74, 6) is 0.294. The number of benzene rings is 2. The molecule has 172 valence electrons. The summed E-state index contributed by atoms with van der Waals surface area (Å²) in [4.78, 5) is 25.7. The van der Waals surface area contributed by atoms with Crippen molar-refractivity contribution in [2.45, 2.75) is 0 Å². The first-order valence-electron chi connectivity index (χ1n) is 10.7. The normalized spacial score (nSPS) is 12.9. The SMILES string of the molecule is O=C1c2ccccc2C(=O)N1CCOCCOCCOCCOCCOc1ccccc1. The molecule has 0 aliphatic carbocycles. The topological polar surface area (TPSA) is 83.5 Å². The van der Waals surface area contributed by atoms with E-state index >= 15 is 0 Å². The molecule has 0 radical (unpaired) electrons. The first-order chi connectivity index (χ1) is 15.8. The van der Waals surface area contributed by atoms with Crippen LogP contribution in [-0.4, -0.2) is 82.7 Å². The van der Waals surface area contributed by atoms with Crippen molar-refractivity contribution in [3.63, 3.8) is 0 Å². The minimum Gasteiger partial charge on any atom is -0.491 e. The number of ether oxygens (including phenoxy) is 5. The molecular formula is C24H29NO7. The monoisotopic (exact) mass is 443 g/mol. The Kier molecular flexibility index (Phi) is 10.1. The molecule has 8 heteroatoms. The Morgan fingerprint density at radius 1 is 0.531 bits per heavy atom. The van der Waals surface area contributed by atoms with Gasteiger partial charge in [-0.15, -0.1) is 0 Å². The molecule has 0 atom stereocenters. The van der Waals surface area contributed by atoms with E-state index in [-0.39, 0.29) is 25.0 Å². The molecule has 0 saturated carbocycles. The van der Waals surface area contributed by atoms with E-state index in [1.165, 1.54) is 4.90 Å². The molecule has 0 spiro atoms. The van der Waals surface area contributed by atoms with E-state index in [2.05, 4.69) is 0 Å². The zero-order valence-electron chi connectivity index (χ0n) is 18.1. The van der Waals surface area contributed by atoms with E-state index in [1.807, 2.05) is 30.3 Å². The summed E-state index contributed by atoms with van der Waals surface area (Å²) in [6.45, 7) is 4.23. The Bertz CT molecular complexity index is 808. The largest absolute Gasteiger partial charge is 0.491 e. The van der Waals surface area contributed by atoms with Gasteiger partial charge in [0.05, 0.1) is 70.5 Å². The Morgan fingerprint density at radius 2 is 0.969 bits per heavy atom. The van der Waals surface area contributed by atoms with Crippen molar-refractivity contribution in [2.75, 3.05) is 66.0 Å². The highest BCUT2D eigenvalue weighted by Crippen LogP contribution is 2.21. The second-order valence-electron chi connectivity index (χ2n) is 6.92. The van der Waals surface area contributed by atoms with E-state index in [0.717, 1.165) is 5.75 Å². The smallest absolute Gasteiger partial charge is 0.261 e. The molecule has 3 rings (SSSR count). The third kappa shape index (κ3) is 7.42. The van der Waals surface area contributed by atoms with Gasteiger partial charge in [-0.1, -0.05) is 30.3 Å². The third-order valence-electron chi connectivity index (χ3n) is 4.69. The van der Waals surface area contributed by atoms with Gasteiger partial charge in [0.2, 0.25) is 0 Å². The Labute approximate surface area is 188 Å². The van der Waals surface area contributed by atoms with Crippen molar-refractivity contribution in [3.8, 4) is 5.75 Å². The van der Waals surface area contributed by atoms with Gasteiger partial charge in [-0.3, -0.25) is 14.5 Å². The third-order valence-corrected chi connectivity index (χ3v) is 4.69. The number of rotatable bonds is 16. The Balaban J connectivity index is 1.09. The molecule has 0 unspecified atom stereocenters. The average Bonchev–Trinajstić information content (AvgIpc) is 3.07. The van der Waals surface area contributed by atoms with Crippen LogP contribution in [-0.2, 0) is 18.9 Å². The number of carbonyl (C=O) groups is 2. The number of amides is 2. The van der Waals surface area contributed by atoms with Crippen LogP contribution in [0.5, 0.6) is 5.75 Å². The van der Waals surface area contributed by atoms with Gasteiger partial charge >= 0.3 is 0 Å². The number of fused-ring (bicyclic) bond motifs is 1. The lowest BCUT2D eigenvalue weighted by Crippen LogP contribution is -2.33. The number of hydrogen-bond acceptors (Lipinski definition) is 7. The van der Waals surface area contributed by atoms with Crippen LogP contribution >= 0.6 is 0 Å². The molecule has 32 heavy (non-hydrogen) atoms. The van der Waals surface area contributed by atoms with E-state index in [1.54, 1.807) is 24.3 Å². The van der Waals surface area contributed by atoms with Gasteiger partial charge in [0.25, 0.3) is 11.8 Å². The molecule has 8 nitrogen and oxygen atoms in total. The van der Waals surface area contributed by atoms with Crippen molar-refractivity contribution >= 4 is 11.8 Å². The summed E-state index contributed by atoms with van der Waals surface area (Å²) in [6, 6.07) is 16.4. The first-order valence-corrected chi connectivity index (χ1v) is 10.7. The number of para-hydroxylation sites is 1. The summed E-state index contributed by atoms with van der Waals surface area (Å²) in [5.41, 5.74) is 0.901. The zero-order chi connectivity index (χ0) is 22.4. The van der Waals surface area contributed by atoms with Crippen LogP contribution in [0.2, 0.25) is 0 Å². The number of nitrogens with zero attached hydrogens (tertiary/aromatic N) is 1. The average molecular weight is 443 g/mol. The minimum atomic E-state index is -0.268. The molecular weight excluding hydrogens is 414 g/mol. The fraction of sp³-hybridized carbons (Fsp3) is 0.417. The molecule has 0 N–H and O–H groups in total. The van der Waals surface area contributed by atoms with Crippen LogP contribution in [0.1, 0.15) is 20.7 Å². The highest BCUT2D eigenvalue weighted by atomic mass is 16.6. The predicted molar refractivity (Wildman–Crippen MR) is 117 cm³/mol. The second kappa shape index (κ2) is 13.6. The van der Waals surface area contributed by atoms with E-state index in [9.17, 15) is 9.59 Å². The van der Waals surface area contributed by atoms with Crippen molar-refractivity contribution < 1.29 is 33.3 Å². The van der Waals surface area contributed by atoms with Crippen LogP contribution in [0.3, 0.4) is 0 Å². The maximum absolute atomic E-state index is 12.2. The molecule has 0 saturated heterocycles. The predicted octanol–water partition coefficient (Wildman–Crippen LogP) is 2.43. The van der Waals surface area contributed by atoms with Crippen molar-refractivity contribution in [3.05, 3.63) is 65.7 Å². The molecule has 2 aromatic carbocycles. The van der Waals surface area contributed by atoms with E-state index < -0.39 is 0 Å². The van der Waals surface area contributed by atoms with Gasteiger partial charge in [-0.2, -0.15) is 0 Å². The molecule has 0 bridgehead atoms. The van der Waals surface area contributed by atoms with Gasteiger partial charge in [0.1, 0.15) is 12.4 Å².